The second kappa shape index (κ2) is 17.5. The highest BCUT2D eigenvalue weighted by Crippen LogP contribution is 2.29. The Morgan fingerprint density at radius 2 is 1.50 bits per heavy atom. The molecule has 0 aromatic heterocycles. The number of ether oxygens (including phenoxy) is 5. The molecule has 0 aliphatic carbocycles. The number of unbranched alkanes of at least 4 members (excludes halogenated alkanes) is 5. The number of methoxy groups -OCH3 is 1. The summed E-state index contributed by atoms with van der Waals surface area (Å²) in [7, 11) is 1.36. The summed E-state index contributed by atoms with van der Waals surface area (Å²) in [6.45, 7) is 4.44. The van der Waals surface area contributed by atoms with Crippen LogP contribution in [0.3, 0.4) is 0 Å². The van der Waals surface area contributed by atoms with Crippen LogP contribution in [-0.2, 0) is 19.1 Å². The zero-order valence-corrected chi connectivity index (χ0v) is 23.7. The molecule has 0 N–H and O–H groups in total. The molecule has 0 aliphatic heterocycles. The number of hydrogen-bond donors (Lipinski definition) is 0. The van der Waals surface area contributed by atoms with Crippen molar-refractivity contribution in [1.82, 2.24) is 0 Å². The number of benzene rings is 2. The van der Waals surface area contributed by atoms with Gasteiger partial charge in [-0.25, -0.2) is 14.4 Å². The molecule has 42 heavy (non-hydrogen) atoms. The Labute approximate surface area is 243 Å². The van der Waals surface area contributed by atoms with Crippen LogP contribution in [0, 0.1) is 0 Å². The molecule has 0 unspecified atom stereocenters. The molecule has 0 amide bonds. The number of alkyl halides is 3. The number of hydrogen-bond acceptors (Lipinski definition) is 8. The molecule has 2 aromatic rings. The number of rotatable bonds is 17. The predicted molar refractivity (Wildman–Crippen MR) is 149 cm³/mol. The van der Waals surface area contributed by atoms with Crippen molar-refractivity contribution in [3.8, 4) is 17.2 Å². The highest BCUT2D eigenvalue weighted by molar-refractivity contribution is 5.91. The first-order chi connectivity index (χ1) is 20.0. The van der Waals surface area contributed by atoms with Crippen LogP contribution >= 0.6 is 0 Å². The van der Waals surface area contributed by atoms with Crippen LogP contribution in [0.1, 0.15) is 61.4 Å². The summed E-state index contributed by atoms with van der Waals surface area (Å²) >= 11 is 0. The maximum Gasteiger partial charge on any atom is 0.422 e. The summed E-state index contributed by atoms with van der Waals surface area (Å²) in [4.78, 5) is 35.4. The molecule has 0 radical (unpaired) electrons. The normalized spacial score (nSPS) is 11.2. The Morgan fingerprint density at radius 3 is 2.12 bits per heavy atom. The van der Waals surface area contributed by atoms with Crippen molar-refractivity contribution in [2.45, 2.75) is 51.6 Å². The molecule has 0 aliphatic rings. The molecule has 0 saturated heterocycles. The monoisotopic (exact) mass is 592 g/mol. The Hall–Kier alpha value is -4.28. The van der Waals surface area contributed by atoms with Gasteiger partial charge in [-0.2, -0.15) is 13.2 Å². The maximum atomic E-state index is 12.6. The molecule has 0 saturated carbocycles. The summed E-state index contributed by atoms with van der Waals surface area (Å²) in [5, 5.41) is 0. The zero-order chi connectivity index (χ0) is 31.0. The second-order valence-electron chi connectivity index (χ2n) is 9.27. The first kappa shape index (κ1) is 33.9. The van der Waals surface area contributed by atoms with Gasteiger partial charge >= 0.3 is 24.1 Å². The smallest absolute Gasteiger partial charge is 0.422 e. The van der Waals surface area contributed by atoms with Gasteiger partial charge in [0, 0.05) is 11.6 Å². The minimum absolute atomic E-state index is 0.118. The molecule has 0 spiro atoms. The fraction of sp³-hybridized carbons (Fsp3) is 0.387. The van der Waals surface area contributed by atoms with E-state index in [4.69, 9.17) is 18.9 Å². The van der Waals surface area contributed by atoms with Gasteiger partial charge in [0.05, 0.1) is 25.9 Å². The molecule has 0 bridgehead atoms. The lowest BCUT2D eigenvalue weighted by Crippen LogP contribution is -2.19. The molecule has 2 rings (SSSR count). The molecular formula is C31H35F3O8. The fourth-order valence-electron chi connectivity index (χ4n) is 3.47. The van der Waals surface area contributed by atoms with Gasteiger partial charge in [-0.3, -0.25) is 0 Å². The number of halogens is 3. The molecule has 11 heteroatoms. The summed E-state index contributed by atoms with van der Waals surface area (Å²) in [6, 6.07) is 10.9. The minimum Gasteiger partial charge on any atom is -0.494 e. The van der Waals surface area contributed by atoms with Crippen LogP contribution in [0.15, 0.2) is 60.7 Å². The van der Waals surface area contributed by atoms with Crippen LogP contribution < -0.4 is 14.2 Å². The average Bonchev–Trinajstić information content (AvgIpc) is 2.96. The van der Waals surface area contributed by atoms with E-state index in [1.54, 1.807) is 31.2 Å². The van der Waals surface area contributed by atoms with Gasteiger partial charge < -0.3 is 23.7 Å². The van der Waals surface area contributed by atoms with Crippen molar-refractivity contribution >= 4 is 24.0 Å². The first-order valence-electron chi connectivity index (χ1n) is 13.4. The third-order valence-electron chi connectivity index (χ3n) is 5.66. The van der Waals surface area contributed by atoms with Crippen molar-refractivity contribution in [3.63, 3.8) is 0 Å². The van der Waals surface area contributed by atoms with Crippen molar-refractivity contribution in [3.05, 3.63) is 71.8 Å². The molecule has 0 heterocycles. The average molecular weight is 593 g/mol. The van der Waals surface area contributed by atoms with E-state index in [1.807, 2.05) is 0 Å². The Morgan fingerprint density at radius 1 is 0.857 bits per heavy atom. The summed E-state index contributed by atoms with van der Waals surface area (Å²) < 4.78 is 62.0. The minimum atomic E-state index is -4.61. The molecule has 0 atom stereocenters. The van der Waals surface area contributed by atoms with Gasteiger partial charge in [-0.15, -0.1) is 0 Å². The first-order valence-corrected chi connectivity index (χ1v) is 13.4. The molecule has 8 nitrogen and oxygen atoms in total. The van der Waals surface area contributed by atoms with E-state index < -0.39 is 24.7 Å². The van der Waals surface area contributed by atoms with Crippen LogP contribution in [0.25, 0.3) is 6.08 Å². The highest BCUT2D eigenvalue weighted by Gasteiger charge is 2.29. The second-order valence-corrected chi connectivity index (χ2v) is 9.27. The third kappa shape index (κ3) is 13.4. The van der Waals surface area contributed by atoms with Crippen molar-refractivity contribution in [2.24, 2.45) is 0 Å². The largest absolute Gasteiger partial charge is 0.494 e. The summed E-state index contributed by atoms with van der Waals surface area (Å²) in [5.74, 6) is -1.22. The van der Waals surface area contributed by atoms with Gasteiger partial charge in [-0.1, -0.05) is 38.3 Å². The standard InChI is InChI=1S/C31H35F3O8/c1-22(2)29(36)40-19-9-7-5-4-6-8-18-39-25-14-12-24(13-15-25)30(37)42-26-16-10-23(20-27(26)38-3)11-17-28(35)41-21-31(32,33)34/h10-17,20H,1,4-9,18-19,21H2,2-3H3/b17-11+. The molecular weight excluding hydrogens is 557 g/mol. The summed E-state index contributed by atoms with van der Waals surface area (Å²) in [5.41, 5.74) is 1.11. The van der Waals surface area contributed by atoms with Crippen LogP contribution in [-0.4, -0.2) is 51.0 Å². The van der Waals surface area contributed by atoms with E-state index in [-0.39, 0.29) is 23.0 Å². The SMILES string of the molecule is C=C(C)C(=O)OCCCCCCCCOc1ccc(C(=O)Oc2ccc(/C=C/C(=O)OCC(F)(F)F)cc2OC)cc1. The fourth-order valence-corrected chi connectivity index (χ4v) is 3.47. The lowest BCUT2D eigenvalue weighted by molar-refractivity contribution is -0.182. The number of carbonyl (C=O) groups is 3. The quantitative estimate of drug-likeness (QED) is 0.0850. The Kier molecular flexibility index (Phi) is 14.1. The summed E-state index contributed by atoms with van der Waals surface area (Å²) in [6.07, 6.45) is 3.30. The van der Waals surface area contributed by atoms with Crippen molar-refractivity contribution < 1.29 is 51.2 Å². The van der Waals surface area contributed by atoms with Gasteiger partial charge in [0.2, 0.25) is 0 Å². The van der Waals surface area contributed by atoms with Gasteiger partial charge in [-0.05, 0) is 67.8 Å². The van der Waals surface area contributed by atoms with Crippen LogP contribution in [0.2, 0.25) is 0 Å². The van der Waals surface area contributed by atoms with Crippen LogP contribution in [0.4, 0.5) is 13.2 Å². The van der Waals surface area contributed by atoms with Gasteiger partial charge in [0.15, 0.2) is 18.1 Å². The number of esters is 3. The lowest BCUT2D eigenvalue weighted by atomic mass is 10.1. The molecule has 228 valence electrons. The van der Waals surface area contributed by atoms with Crippen LogP contribution in [0.5, 0.6) is 17.2 Å². The highest BCUT2D eigenvalue weighted by atomic mass is 19.4. The van der Waals surface area contributed by atoms with Gasteiger partial charge in [0.1, 0.15) is 5.75 Å². The third-order valence-corrected chi connectivity index (χ3v) is 5.66. The Bertz CT molecular complexity index is 1220. The molecule has 0 fully saturated rings. The zero-order valence-electron chi connectivity index (χ0n) is 23.7. The van der Waals surface area contributed by atoms with Crippen molar-refractivity contribution in [2.75, 3.05) is 26.9 Å². The van der Waals surface area contributed by atoms with E-state index in [0.29, 0.717) is 30.1 Å². The molecule has 2 aromatic carbocycles. The van der Waals surface area contributed by atoms with Crippen molar-refractivity contribution in [1.29, 1.82) is 0 Å². The predicted octanol–water partition coefficient (Wildman–Crippen LogP) is 6.87. The van der Waals surface area contributed by atoms with E-state index in [1.165, 1.54) is 31.4 Å². The van der Waals surface area contributed by atoms with E-state index in [0.717, 1.165) is 44.6 Å². The maximum absolute atomic E-state index is 12.6. The van der Waals surface area contributed by atoms with Gasteiger partial charge in [0.25, 0.3) is 0 Å². The van der Waals surface area contributed by atoms with E-state index >= 15 is 0 Å². The number of carbonyl (C=O) groups excluding carboxylic acids is 3. The topological polar surface area (TPSA) is 97.4 Å². The Balaban J connectivity index is 1.73. The van der Waals surface area contributed by atoms with E-state index in [9.17, 15) is 27.6 Å². The lowest BCUT2D eigenvalue weighted by Gasteiger charge is -2.11. The van der Waals surface area contributed by atoms with E-state index in [2.05, 4.69) is 11.3 Å².